The molecule has 1 N–H and O–H groups in total. The third-order valence-corrected chi connectivity index (χ3v) is 3.93. The number of nitrogens with one attached hydrogen (secondary N) is 1. The van der Waals surface area contributed by atoms with Gasteiger partial charge in [-0.1, -0.05) is 18.2 Å². The number of carbonyl (C=O) groups is 1. The molecule has 2 rings (SSSR count). The van der Waals surface area contributed by atoms with Crippen LogP contribution in [-0.4, -0.2) is 31.8 Å². The lowest BCUT2D eigenvalue weighted by molar-refractivity contribution is -0.122. The molecular weight excluding hydrogens is 266 g/mol. The minimum atomic E-state index is 0.132. The number of amides is 1. The molecule has 4 heteroatoms. The van der Waals surface area contributed by atoms with Crippen molar-refractivity contribution in [3.8, 4) is 5.75 Å². The first-order valence-electron chi connectivity index (χ1n) is 7.78. The maximum Gasteiger partial charge on any atom is 0.220 e. The average molecular weight is 291 g/mol. The van der Waals surface area contributed by atoms with Crippen LogP contribution in [0.1, 0.15) is 38.5 Å². The van der Waals surface area contributed by atoms with Crippen LogP contribution in [0.25, 0.3) is 0 Å². The van der Waals surface area contributed by atoms with Gasteiger partial charge in [-0.25, -0.2) is 0 Å². The normalized spacial score (nSPS) is 21.8. The van der Waals surface area contributed by atoms with Crippen LogP contribution in [0.15, 0.2) is 30.3 Å². The van der Waals surface area contributed by atoms with E-state index in [2.05, 4.69) is 5.32 Å². The van der Waals surface area contributed by atoms with E-state index in [0.717, 1.165) is 37.9 Å². The Morgan fingerprint density at radius 3 is 2.57 bits per heavy atom. The molecule has 1 amide bonds. The van der Waals surface area contributed by atoms with Crippen LogP contribution in [0, 0.1) is 0 Å². The molecule has 0 aliphatic heterocycles. The summed E-state index contributed by atoms with van der Waals surface area (Å²) in [6, 6.07) is 10.0. The van der Waals surface area contributed by atoms with Crippen molar-refractivity contribution in [2.75, 3.05) is 13.7 Å². The van der Waals surface area contributed by atoms with Crippen LogP contribution in [-0.2, 0) is 9.53 Å². The summed E-state index contributed by atoms with van der Waals surface area (Å²) >= 11 is 0. The molecule has 1 aliphatic carbocycles. The predicted molar refractivity (Wildman–Crippen MR) is 82.4 cm³/mol. The zero-order valence-electron chi connectivity index (χ0n) is 12.7. The van der Waals surface area contributed by atoms with Gasteiger partial charge in [0.05, 0.1) is 12.7 Å². The Morgan fingerprint density at radius 2 is 1.90 bits per heavy atom. The van der Waals surface area contributed by atoms with Gasteiger partial charge >= 0.3 is 0 Å². The Bertz CT molecular complexity index is 413. The highest BCUT2D eigenvalue weighted by Gasteiger charge is 2.21. The zero-order valence-corrected chi connectivity index (χ0v) is 12.7. The van der Waals surface area contributed by atoms with E-state index < -0.39 is 0 Å². The van der Waals surface area contributed by atoms with Crippen LogP contribution >= 0.6 is 0 Å². The standard InChI is InChI=1S/C17H25NO3/c1-20-15-11-9-14(10-12-15)18-17(19)8-5-13-21-16-6-3-2-4-7-16/h2-4,6-7,14-15H,5,8-13H2,1H3,(H,18,19). The molecule has 1 aliphatic rings. The number of hydrogen-bond donors (Lipinski definition) is 1. The van der Waals surface area contributed by atoms with Gasteiger partial charge in [0.2, 0.25) is 5.91 Å². The predicted octanol–water partition coefficient (Wildman–Crippen LogP) is 2.92. The highest BCUT2D eigenvalue weighted by atomic mass is 16.5. The van der Waals surface area contributed by atoms with Gasteiger partial charge in [-0.3, -0.25) is 4.79 Å². The van der Waals surface area contributed by atoms with Crippen molar-refractivity contribution in [3.63, 3.8) is 0 Å². The van der Waals surface area contributed by atoms with E-state index in [-0.39, 0.29) is 5.91 Å². The molecule has 0 unspecified atom stereocenters. The number of carbonyl (C=O) groups excluding carboxylic acids is 1. The highest BCUT2D eigenvalue weighted by molar-refractivity contribution is 5.76. The van der Waals surface area contributed by atoms with E-state index in [4.69, 9.17) is 9.47 Å². The minimum absolute atomic E-state index is 0.132. The number of rotatable bonds is 7. The Balaban J connectivity index is 1.56. The van der Waals surface area contributed by atoms with Crippen molar-refractivity contribution >= 4 is 5.91 Å². The fourth-order valence-electron chi connectivity index (χ4n) is 2.68. The summed E-state index contributed by atoms with van der Waals surface area (Å²) in [6.07, 6.45) is 5.76. The molecule has 1 fully saturated rings. The van der Waals surface area contributed by atoms with E-state index in [0.29, 0.717) is 25.2 Å². The van der Waals surface area contributed by atoms with Gasteiger partial charge < -0.3 is 14.8 Å². The first kappa shape index (κ1) is 15.8. The van der Waals surface area contributed by atoms with Gasteiger partial charge in [0.15, 0.2) is 0 Å². The van der Waals surface area contributed by atoms with Crippen LogP contribution in [0.4, 0.5) is 0 Å². The number of benzene rings is 1. The van der Waals surface area contributed by atoms with Crippen molar-refractivity contribution in [2.24, 2.45) is 0 Å². The molecule has 0 bridgehead atoms. The molecule has 4 nitrogen and oxygen atoms in total. The number of para-hydroxylation sites is 1. The summed E-state index contributed by atoms with van der Waals surface area (Å²) in [5.74, 6) is 0.989. The molecule has 21 heavy (non-hydrogen) atoms. The topological polar surface area (TPSA) is 47.6 Å². The minimum Gasteiger partial charge on any atom is -0.494 e. The second-order valence-corrected chi connectivity index (χ2v) is 5.54. The Hall–Kier alpha value is -1.55. The van der Waals surface area contributed by atoms with Gasteiger partial charge in [0.25, 0.3) is 0 Å². The van der Waals surface area contributed by atoms with E-state index in [9.17, 15) is 4.79 Å². The largest absolute Gasteiger partial charge is 0.494 e. The molecule has 116 valence electrons. The molecule has 1 aromatic rings. The Labute approximate surface area is 126 Å². The highest BCUT2D eigenvalue weighted by Crippen LogP contribution is 2.20. The zero-order chi connectivity index (χ0) is 14.9. The fraction of sp³-hybridized carbons (Fsp3) is 0.588. The van der Waals surface area contributed by atoms with Crippen molar-refractivity contribution < 1.29 is 14.3 Å². The van der Waals surface area contributed by atoms with Crippen LogP contribution in [0.2, 0.25) is 0 Å². The lowest BCUT2D eigenvalue weighted by Crippen LogP contribution is -2.38. The summed E-state index contributed by atoms with van der Waals surface area (Å²) in [5, 5.41) is 3.11. The van der Waals surface area contributed by atoms with Crippen LogP contribution < -0.4 is 10.1 Å². The van der Waals surface area contributed by atoms with Crippen molar-refractivity contribution in [2.45, 2.75) is 50.7 Å². The lowest BCUT2D eigenvalue weighted by Gasteiger charge is -2.28. The monoisotopic (exact) mass is 291 g/mol. The van der Waals surface area contributed by atoms with E-state index in [1.807, 2.05) is 30.3 Å². The summed E-state index contributed by atoms with van der Waals surface area (Å²) < 4.78 is 10.9. The van der Waals surface area contributed by atoms with Gasteiger partial charge in [-0.05, 0) is 44.2 Å². The van der Waals surface area contributed by atoms with Gasteiger partial charge in [-0.2, -0.15) is 0 Å². The summed E-state index contributed by atoms with van der Waals surface area (Å²) in [4.78, 5) is 11.9. The molecule has 0 aromatic heterocycles. The Morgan fingerprint density at radius 1 is 1.19 bits per heavy atom. The smallest absolute Gasteiger partial charge is 0.220 e. The molecular formula is C17H25NO3. The first-order chi connectivity index (χ1) is 10.3. The van der Waals surface area contributed by atoms with E-state index >= 15 is 0 Å². The van der Waals surface area contributed by atoms with Gasteiger partial charge in [0, 0.05) is 19.6 Å². The van der Waals surface area contributed by atoms with E-state index in [1.165, 1.54) is 0 Å². The average Bonchev–Trinajstić information content (AvgIpc) is 2.53. The van der Waals surface area contributed by atoms with Crippen LogP contribution in [0.3, 0.4) is 0 Å². The van der Waals surface area contributed by atoms with Gasteiger partial charge in [0.1, 0.15) is 5.75 Å². The third-order valence-electron chi connectivity index (χ3n) is 3.93. The molecule has 0 radical (unpaired) electrons. The SMILES string of the molecule is COC1CCC(NC(=O)CCCOc2ccccc2)CC1. The van der Waals surface area contributed by atoms with E-state index in [1.54, 1.807) is 7.11 Å². The number of hydrogen-bond acceptors (Lipinski definition) is 3. The van der Waals surface area contributed by atoms with Crippen LogP contribution in [0.5, 0.6) is 5.75 Å². The molecule has 0 heterocycles. The van der Waals surface area contributed by atoms with Crippen molar-refractivity contribution in [1.29, 1.82) is 0 Å². The molecule has 0 atom stereocenters. The molecule has 0 saturated heterocycles. The summed E-state index contributed by atoms with van der Waals surface area (Å²) in [7, 11) is 1.76. The molecule has 0 spiro atoms. The second-order valence-electron chi connectivity index (χ2n) is 5.54. The number of methoxy groups -OCH3 is 1. The lowest BCUT2D eigenvalue weighted by atomic mass is 9.93. The summed E-state index contributed by atoms with van der Waals surface area (Å²) in [6.45, 7) is 0.577. The molecule has 1 aromatic carbocycles. The maximum atomic E-state index is 11.9. The van der Waals surface area contributed by atoms with Gasteiger partial charge in [-0.15, -0.1) is 0 Å². The molecule has 1 saturated carbocycles. The quantitative estimate of drug-likeness (QED) is 0.786. The third kappa shape index (κ3) is 5.76. The number of ether oxygens (including phenoxy) is 2. The maximum absolute atomic E-state index is 11.9. The van der Waals surface area contributed by atoms with Crippen molar-refractivity contribution in [1.82, 2.24) is 5.32 Å². The van der Waals surface area contributed by atoms with Crippen molar-refractivity contribution in [3.05, 3.63) is 30.3 Å². The fourth-order valence-corrected chi connectivity index (χ4v) is 2.68. The Kier molecular flexibility index (Phi) is 6.54. The second kappa shape index (κ2) is 8.67. The first-order valence-corrected chi connectivity index (χ1v) is 7.78. The summed E-state index contributed by atoms with van der Waals surface area (Å²) in [5.41, 5.74) is 0.